The molecule has 1 fully saturated rings. The second kappa shape index (κ2) is 6.59. The van der Waals surface area contributed by atoms with Crippen molar-refractivity contribution in [3.63, 3.8) is 0 Å². The fourth-order valence-electron chi connectivity index (χ4n) is 2.54. The van der Waals surface area contributed by atoms with E-state index in [0.29, 0.717) is 17.7 Å². The van der Waals surface area contributed by atoms with E-state index in [9.17, 15) is 18.0 Å². The summed E-state index contributed by atoms with van der Waals surface area (Å²) in [6.07, 6.45) is -2.48. The van der Waals surface area contributed by atoms with E-state index in [-0.39, 0.29) is 11.9 Å². The molecule has 0 spiro atoms. The lowest BCUT2D eigenvalue weighted by atomic mass is 10.1. The number of carbonyl (C=O) groups excluding carboxylic acids is 1. The fraction of sp³-hybridized carbons (Fsp3) is 0.278. The molecule has 2 aromatic carbocycles. The molecule has 0 aromatic heterocycles. The van der Waals surface area contributed by atoms with Gasteiger partial charge in [-0.2, -0.15) is 13.2 Å². The zero-order valence-electron chi connectivity index (χ0n) is 12.7. The average molecular weight is 398 g/mol. The molecular weight excluding hydrogens is 383 g/mol. The van der Waals surface area contributed by atoms with Crippen molar-refractivity contribution in [3.8, 4) is 0 Å². The molecule has 2 aromatic rings. The van der Waals surface area contributed by atoms with E-state index in [1.807, 2.05) is 6.07 Å². The predicted octanol–water partition coefficient (Wildman–Crippen LogP) is 5.27. The first-order chi connectivity index (χ1) is 11.3. The maximum atomic E-state index is 12.7. The molecule has 0 radical (unpaired) electrons. The van der Waals surface area contributed by atoms with Crippen LogP contribution in [0.3, 0.4) is 0 Å². The molecule has 0 atom stereocenters. The van der Waals surface area contributed by atoms with Gasteiger partial charge in [-0.3, -0.25) is 4.79 Å². The van der Waals surface area contributed by atoms with Crippen molar-refractivity contribution >= 4 is 21.8 Å². The number of hydrogen-bond donors (Lipinski definition) is 0. The van der Waals surface area contributed by atoms with Crippen molar-refractivity contribution in [2.24, 2.45) is 0 Å². The molecule has 0 N–H and O–H groups in total. The van der Waals surface area contributed by atoms with Crippen molar-refractivity contribution in [2.45, 2.75) is 31.6 Å². The number of carbonyl (C=O) groups is 1. The maximum Gasteiger partial charge on any atom is 0.416 e. The van der Waals surface area contributed by atoms with E-state index in [1.165, 1.54) is 12.1 Å². The lowest BCUT2D eigenvalue weighted by Gasteiger charge is -2.23. The highest BCUT2D eigenvalue weighted by Gasteiger charge is 2.34. The number of benzene rings is 2. The highest BCUT2D eigenvalue weighted by molar-refractivity contribution is 9.10. The fourth-order valence-corrected chi connectivity index (χ4v) is 2.94. The minimum atomic E-state index is -4.35. The summed E-state index contributed by atoms with van der Waals surface area (Å²) in [6.45, 7) is 0.314. The number of rotatable bonds is 4. The molecule has 1 aliphatic rings. The van der Waals surface area contributed by atoms with Crippen LogP contribution in [-0.2, 0) is 12.7 Å². The largest absolute Gasteiger partial charge is 0.416 e. The van der Waals surface area contributed by atoms with Gasteiger partial charge < -0.3 is 4.90 Å². The summed E-state index contributed by atoms with van der Waals surface area (Å²) in [6, 6.07) is 12.3. The Morgan fingerprint density at radius 2 is 1.79 bits per heavy atom. The Morgan fingerprint density at radius 3 is 2.33 bits per heavy atom. The predicted molar refractivity (Wildman–Crippen MR) is 88.5 cm³/mol. The van der Waals surface area contributed by atoms with Gasteiger partial charge in [-0.05, 0) is 48.7 Å². The highest BCUT2D eigenvalue weighted by Crippen LogP contribution is 2.32. The second-order valence-corrected chi connectivity index (χ2v) is 6.78. The van der Waals surface area contributed by atoms with E-state index < -0.39 is 11.7 Å². The Morgan fingerprint density at radius 1 is 1.12 bits per heavy atom. The van der Waals surface area contributed by atoms with Crippen LogP contribution in [0, 0.1) is 0 Å². The molecular formula is C18H15BrF3NO. The van der Waals surface area contributed by atoms with E-state index >= 15 is 0 Å². The first-order valence-electron chi connectivity index (χ1n) is 7.57. The summed E-state index contributed by atoms with van der Waals surface area (Å²) < 4.78 is 38.7. The van der Waals surface area contributed by atoms with Gasteiger partial charge >= 0.3 is 6.18 Å². The summed E-state index contributed by atoms with van der Waals surface area (Å²) in [7, 11) is 0. The van der Waals surface area contributed by atoms with Gasteiger partial charge in [0.15, 0.2) is 0 Å². The Kier molecular flexibility index (Phi) is 4.67. The number of halogens is 4. The van der Waals surface area contributed by atoms with Gasteiger partial charge in [0.05, 0.1) is 5.56 Å². The zero-order chi connectivity index (χ0) is 17.3. The molecule has 1 aliphatic carbocycles. The lowest BCUT2D eigenvalue weighted by Crippen LogP contribution is -2.32. The van der Waals surface area contributed by atoms with Gasteiger partial charge in [0, 0.05) is 22.6 Å². The zero-order valence-corrected chi connectivity index (χ0v) is 14.3. The van der Waals surface area contributed by atoms with Crippen molar-refractivity contribution in [2.75, 3.05) is 0 Å². The third-order valence-electron chi connectivity index (χ3n) is 3.95. The SMILES string of the molecule is O=C(c1cccc(Br)c1)N(Cc1ccc(C(F)(F)F)cc1)C1CC1. The third-order valence-corrected chi connectivity index (χ3v) is 4.45. The van der Waals surface area contributed by atoms with E-state index in [1.54, 1.807) is 23.1 Å². The molecule has 3 rings (SSSR count). The molecule has 126 valence electrons. The van der Waals surface area contributed by atoms with Crippen LogP contribution in [-0.4, -0.2) is 16.8 Å². The van der Waals surface area contributed by atoms with Gasteiger partial charge in [-0.25, -0.2) is 0 Å². The monoisotopic (exact) mass is 397 g/mol. The normalized spacial score (nSPS) is 14.5. The first-order valence-corrected chi connectivity index (χ1v) is 8.36. The van der Waals surface area contributed by atoms with Gasteiger partial charge in [0.25, 0.3) is 5.91 Å². The van der Waals surface area contributed by atoms with Gasteiger partial charge in [0.2, 0.25) is 0 Å². The molecule has 24 heavy (non-hydrogen) atoms. The van der Waals surface area contributed by atoms with Gasteiger partial charge in [0.1, 0.15) is 0 Å². The van der Waals surface area contributed by atoms with Crippen molar-refractivity contribution < 1.29 is 18.0 Å². The van der Waals surface area contributed by atoms with Crippen LogP contribution in [0.4, 0.5) is 13.2 Å². The number of amides is 1. The van der Waals surface area contributed by atoms with Crippen molar-refractivity contribution in [1.82, 2.24) is 4.90 Å². The Labute approximate surface area is 146 Å². The molecule has 0 aliphatic heterocycles. The molecule has 0 bridgehead atoms. The molecule has 2 nitrogen and oxygen atoms in total. The van der Waals surface area contributed by atoms with Crippen LogP contribution in [0.2, 0.25) is 0 Å². The molecule has 0 saturated heterocycles. The average Bonchev–Trinajstić information content (AvgIpc) is 3.36. The first kappa shape index (κ1) is 17.0. The smallest absolute Gasteiger partial charge is 0.331 e. The standard InChI is InChI=1S/C18H15BrF3NO/c19-15-3-1-2-13(10-15)17(24)23(16-8-9-16)11-12-4-6-14(7-5-12)18(20,21)22/h1-7,10,16H,8-9,11H2. The molecule has 0 unspecified atom stereocenters. The van der Waals surface area contributed by atoms with E-state index in [2.05, 4.69) is 15.9 Å². The van der Waals surface area contributed by atoms with Crippen LogP contribution in [0.1, 0.15) is 34.3 Å². The second-order valence-electron chi connectivity index (χ2n) is 5.87. The van der Waals surface area contributed by atoms with Gasteiger partial charge in [-0.15, -0.1) is 0 Å². The lowest BCUT2D eigenvalue weighted by molar-refractivity contribution is -0.137. The van der Waals surface area contributed by atoms with Crippen LogP contribution < -0.4 is 0 Å². The van der Waals surface area contributed by atoms with Crippen molar-refractivity contribution in [3.05, 3.63) is 69.7 Å². The van der Waals surface area contributed by atoms with Crippen LogP contribution >= 0.6 is 15.9 Å². The van der Waals surface area contributed by atoms with Crippen LogP contribution in [0.5, 0.6) is 0 Å². The van der Waals surface area contributed by atoms with E-state index in [4.69, 9.17) is 0 Å². The summed E-state index contributed by atoms with van der Waals surface area (Å²) in [5.41, 5.74) is 0.587. The topological polar surface area (TPSA) is 20.3 Å². The summed E-state index contributed by atoms with van der Waals surface area (Å²) in [4.78, 5) is 14.5. The van der Waals surface area contributed by atoms with E-state index in [0.717, 1.165) is 29.4 Å². The van der Waals surface area contributed by atoms with Gasteiger partial charge in [-0.1, -0.05) is 34.1 Å². The number of hydrogen-bond acceptors (Lipinski definition) is 1. The van der Waals surface area contributed by atoms with Crippen molar-refractivity contribution in [1.29, 1.82) is 0 Å². The highest BCUT2D eigenvalue weighted by atomic mass is 79.9. The van der Waals surface area contributed by atoms with Crippen LogP contribution in [0.25, 0.3) is 0 Å². The molecule has 1 saturated carbocycles. The quantitative estimate of drug-likeness (QED) is 0.687. The minimum absolute atomic E-state index is 0.0984. The summed E-state index contributed by atoms with van der Waals surface area (Å²) in [5, 5.41) is 0. The minimum Gasteiger partial charge on any atom is -0.331 e. The Bertz CT molecular complexity index is 739. The number of nitrogens with zero attached hydrogens (tertiary/aromatic N) is 1. The van der Waals surface area contributed by atoms with Crippen LogP contribution in [0.15, 0.2) is 53.0 Å². The summed E-state index contributed by atoms with van der Waals surface area (Å²) >= 11 is 3.35. The Hall–Kier alpha value is -1.82. The Balaban J connectivity index is 1.78. The third kappa shape index (κ3) is 3.98. The maximum absolute atomic E-state index is 12.7. The molecule has 0 heterocycles. The molecule has 6 heteroatoms. The number of alkyl halides is 3. The molecule has 1 amide bonds. The summed E-state index contributed by atoms with van der Waals surface area (Å²) in [5.74, 6) is -0.0984.